The van der Waals surface area contributed by atoms with E-state index in [4.69, 9.17) is 0 Å². The van der Waals surface area contributed by atoms with Crippen LogP contribution in [0.25, 0.3) is 11.3 Å². The quantitative estimate of drug-likeness (QED) is 0.324. The summed E-state index contributed by atoms with van der Waals surface area (Å²) in [6.07, 6.45) is 2.41. The van der Waals surface area contributed by atoms with E-state index in [2.05, 4.69) is 17.0 Å². The van der Waals surface area contributed by atoms with Gasteiger partial charge in [-0.1, -0.05) is 48.3 Å². The van der Waals surface area contributed by atoms with E-state index in [9.17, 15) is 19.8 Å². The maximum atomic E-state index is 13.2. The average Bonchev–Trinajstić information content (AvgIpc) is 2.80. The Balaban J connectivity index is 1.88. The highest BCUT2D eigenvalue weighted by atomic mass is 32.2. The number of hydrogen-bond donors (Lipinski definition) is 1. The molecular formula is C24H24N4O4S. The van der Waals surface area contributed by atoms with E-state index in [1.807, 2.05) is 0 Å². The molecule has 0 saturated carbocycles. The fourth-order valence-electron chi connectivity index (χ4n) is 3.95. The fraction of sp³-hybridized carbons (Fsp3) is 0.292. The van der Waals surface area contributed by atoms with Crippen LogP contribution < -0.4 is 14.7 Å². The van der Waals surface area contributed by atoms with Crippen LogP contribution in [0.15, 0.2) is 53.7 Å². The largest absolute Gasteiger partial charge is 0.854 e. The van der Waals surface area contributed by atoms with E-state index >= 15 is 0 Å². The minimum atomic E-state index is -1.04. The Morgan fingerprint density at radius 2 is 1.88 bits per heavy atom. The summed E-state index contributed by atoms with van der Waals surface area (Å²) in [5, 5.41) is 27.5. The number of nitrogens with zero attached hydrogens (tertiary/aromatic N) is 4. The van der Waals surface area contributed by atoms with Crippen LogP contribution in [0.4, 0.5) is 5.69 Å². The van der Waals surface area contributed by atoms with E-state index in [0.717, 1.165) is 25.0 Å². The number of rotatable bonds is 7. The molecular weight excluding hydrogens is 440 g/mol. The molecule has 0 bridgehead atoms. The molecule has 170 valence electrons. The predicted molar refractivity (Wildman–Crippen MR) is 122 cm³/mol. The molecule has 8 nitrogen and oxygen atoms in total. The molecule has 4 rings (SSSR count). The van der Waals surface area contributed by atoms with Gasteiger partial charge in [0.05, 0.1) is 22.7 Å². The lowest BCUT2D eigenvalue weighted by Crippen LogP contribution is -2.58. The van der Waals surface area contributed by atoms with Crippen molar-refractivity contribution in [3.63, 3.8) is 0 Å². The van der Waals surface area contributed by atoms with Crippen molar-refractivity contribution >= 4 is 29.3 Å². The van der Waals surface area contributed by atoms with Crippen molar-refractivity contribution in [1.82, 2.24) is 10.1 Å². The number of aromatic carboxylic acids is 1. The van der Waals surface area contributed by atoms with Gasteiger partial charge in [0.1, 0.15) is 0 Å². The maximum absolute atomic E-state index is 13.2. The highest BCUT2D eigenvalue weighted by Crippen LogP contribution is 2.40. The summed E-state index contributed by atoms with van der Waals surface area (Å²) < 4.78 is 1.55. The number of thioether (sulfide) groups is 1. The number of carbonyl (C=O) groups is 2. The summed E-state index contributed by atoms with van der Waals surface area (Å²) in [7, 11) is 0. The van der Waals surface area contributed by atoms with Gasteiger partial charge >= 0.3 is 5.97 Å². The number of unbranched alkanes of at least 4 members (excludes halogenated alkanes) is 2. The summed E-state index contributed by atoms with van der Waals surface area (Å²) in [5.74, 6) is -0.888. The number of amides is 1. The zero-order chi connectivity index (χ0) is 23.5. The topological polar surface area (TPSA) is 110 Å². The molecule has 0 saturated heterocycles. The molecule has 9 heteroatoms. The lowest BCUT2D eigenvalue weighted by Gasteiger charge is -2.32. The number of hydrogen-bond acceptors (Lipinski definition) is 6. The Labute approximate surface area is 195 Å². The first kappa shape index (κ1) is 22.7. The van der Waals surface area contributed by atoms with Crippen LogP contribution in [0.1, 0.15) is 55.2 Å². The molecule has 1 aliphatic rings. The van der Waals surface area contributed by atoms with Crippen molar-refractivity contribution in [2.75, 3.05) is 10.7 Å². The molecule has 1 aromatic heterocycles. The van der Waals surface area contributed by atoms with Crippen LogP contribution in [0.3, 0.4) is 0 Å². The second-order valence-electron chi connectivity index (χ2n) is 7.76. The molecule has 3 aromatic rings. The van der Waals surface area contributed by atoms with Crippen molar-refractivity contribution in [2.24, 2.45) is 0 Å². The maximum Gasteiger partial charge on any atom is 0.335 e. The van der Waals surface area contributed by atoms with Crippen molar-refractivity contribution in [3.05, 3.63) is 59.7 Å². The second-order valence-corrected chi connectivity index (χ2v) is 8.82. The lowest BCUT2D eigenvalue weighted by molar-refractivity contribution is -0.764. The van der Waals surface area contributed by atoms with E-state index < -0.39 is 18.0 Å². The SMILES string of the molecule is CCCCCSc1nc([O-])c2[n+](n1)C(c1ccc(C(=O)O)cc1)N(C(C)=O)c1ccccc1-2. The van der Waals surface area contributed by atoms with E-state index in [-0.39, 0.29) is 11.5 Å². The number of carbonyl (C=O) groups excluding carboxylic acids is 1. The molecule has 1 amide bonds. The van der Waals surface area contributed by atoms with Crippen LogP contribution in [0.2, 0.25) is 0 Å². The van der Waals surface area contributed by atoms with Gasteiger partial charge in [-0.25, -0.2) is 14.7 Å². The number of benzene rings is 2. The molecule has 1 unspecified atom stereocenters. The van der Waals surface area contributed by atoms with Gasteiger partial charge < -0.3 is 10.2 Å². The summed E-state index contributed by atoms with van der Waals surface area (Å²) >= 11 is 1.42. The third kappa shape index (κ3) is 4.41. The summed E-state index contributed by atoms with van der Waals surface area (Å²) in [6.45, 7) is 3.58. The predicted octanol–water partition coefficient (Wildman–Crippen LogP) is 3.40. The van der Waals surface area contributed by atoms with Crippen molar-refractivity contribution in [3.8, 4) is 17.1 Å². The zero-order valence-electron chi connectivity index (χ0n) is 18.4. The van der Waals surface area contributed by atoms with Crippen LogP contribution in [-0.4, -0.2) is 32.8 Å². The summed E-state index contributed by atoms with van der Waals surface area (Å²) in [4.78, 5) is 30.0. The van der Waals surface area contributed by atoms with Crippen molar-refractivity contribution in [1.29, 1.82) is 0 Å². The Morgan fingerprint density at radius 3 is 2.55 bits per heavy atom. The zero-order valence-corrected chi connectivity index (χ0v) is 19.2. The summed E-state index contributed by atoms with van der Waals surface area (Å²) in [5.41, 5.74) is 2.23. The molecule has 0 aliphatic carbocycles. The van der Waals surface area contributed by atoms with Gasteiger partial charge in [-0.05, 0) is 42.8 Å². The van der Waals surface area contributed by atoms with Gasteiger partial charge in [0, 0.05) is 23.3 Å². The molecule has 1 aliphatic heterocycles. The van der Waals surface area contributed by atoms with Gasteiger partial charge in [0.15, 0.2) is 0 Å². The van der Waals surface area contributed by atoms with Crippen LogP contribution >= 0.6 is 11.8 Å². The van der Waals surface area contributed by atoms with Gasteiger partial charge in [-0.3, -0.25) is 4.79 Å². The third-order valence-electron chi connectivity index (χ3n) is 5.49. The van der Waals surface area contributed by atoms with Crippen molar-refractivity contribution in [2.45, 2.75) is 44.4 Å². The molecule has 1 N–H and O–H groups in total. The number of carboxylic acids is 1. The minimum absolute atomic E-state index is 0.133. The second kappa shape index (κ2) is 9.58. The van der Waals surface area contributed by atoms with E-state index in [1.54, 1.807) is 46.0 Å². The number of aromatic nitrogens is 3. The standard InChI is InChI=1S/C24H24N4O4S/c1-3-4-7-14-33-24-25-21(30)20-18-8-5-6-9-19(18)27(15(2)29)22(28(20)26-24)16-10-12-17(13-11-16)23(31)32/h5-6,8-13,22H,3-4,7,14H2,1-2H3,(H-,25,26,30,31,32). The molecule has 33 heavy (non-hydrogen) atoms. The lowest BCUT2D eigenvalue weighted by atomic mass is 10.0. The minimum Gasteiger partial charge on any atom is -0.854 e. The molecule has 2 aromatic carbocycles. The first-order valence-corrected chi connectivity index (χ1v) is 11.8. The number of anilines is 1. The molecule has 0 radical (unpaired) electrons. The third-order valence-corrected chi connectivity index (χ3v) is 6.42. The highest BCUT2D eigenvalue weighted by molar-refractivity contribution is 7.99. The average molecular weight is 465 g/mol. The monoisotopic (exact) mass is 464 g/mol. The van der Waals surface area contributed by atoms with Gasteiger partial charge in [-0.2, -0.15) is 0 Å². The highest BCUT2D eigenvalue weighted by Gasteiger charge is 2.43. The van der Waals surface area contributed by atoms with Crippen molar-refractivity contribution < 1.29 is 24.5 Å². The number of fused-ring (bicyclic) bond motifs is 3. The molecule has 1 atom stereocenters. The Hall–Kier alpha value is -3.46. The van der Waals surface area contributed by atoms with Crippen LogP contribution in [0, 0.1) is 0 Å². The molecule has 0 fully saturated rings. The van der Waals surface area contributed by atoms with Gasteiger partial charge in [0.2, 0.25) is 5.91 Å². The first-order valence-electron chi connectivity index (χ1n) is 10.8. The number of carboxylic acid groups (broad SMARTS) is 1. The van der Waals surface area contributed by atoms with Crippen LogP contribution in [-0.2, 0) is 4.79 Å². The number of para-hydroxylation sites is 1. The first-order chi connectivity index (χ1) is 15.9. The molecule has 2 heterocycles. The normalized spacial score (nSPS) is 14.5. The smallest absolute Gasteiger partial charge is 0.335 e. The Kier molecular flexibility index (Phi) is 6.60. The summed E-state index contributed by atoms with van der Waals surface area (Å²) in [6, 6.07) is 13.4. The van der Waals surface area contributed by atoms with Gasteiger partial charge in [0.25, 0.3) is 17.0 Å². The molecule has 0 spiro atoms. The Morgan fingerprint density at radius 1 is 1.15 bits per heavy atom. The van der Waals surface area contributed by atoms with Gasteiger partial charge in [-0.15, -0.1) is 0 Å². The fourth-order valence-corrected chi connectivity index (χ4v) is 4.77. The Bertz CT molecular complexity index is 1200. The van der Waals surface area contributed by atoms with E-state index in [1.165, 1.54) is 30.8 Å². The van der Waals surface area contributed by atoms with E-state index in [0.29, 0.717) is 27.7 Å². The van der Waals surface area contributed by atoms with Crippen LogP contribution in [0.5, 0.6) is 5.88 Å².